The van der Waals surface area contributed by atoms with E-state index in [0.29, 0.717) is 34.9 Å². The van der Waals surface area contributed by atoms with Crippen molar-refractivity contribution in [2.24, 2.45) is 0 Å². The van der Waals surface area contributed by atoms with E-state index in [1.54, 1.807) is 35.2 Å². The van der Waals surface area contributed by atoms with E-state index >= 15 is 0 Å². The first-order valence-electron chi connectivity index (χ1n) is 10.5. The molecule has 1 amide bonds. The Balaban J connectivity index is 1.12. The summed E-state index contributed by atoms with van der Waals surface area (Å²) >= 11 is 12.0. The molecule has 0 radical (unpaired) electrons. The first-order chi connectivity index (χ1) is 15.5. The van der Waals surface area contributed by atoms with Crippen molar-refractivity contribution in [3.8, 4) is 11.7 Å². The summed E-state index contributed by atoms with van der Waals surface area (Å²) in [5, 5.41) is 0.922. The molecular weight excluding hydrogens is 451 g/mol. The Morgan fingerprint density at radius 3 is 2.44 bits per heavy atom. The summed E-state index contributed by atoms with van der Waals surface area (Å²) in [7, 11) is 0. The molecular formula is C23H22Cl2N4O3. The van der Waals surface area contributed by atoms with Gasteiger partial charge in [0.2, 0.25) is 0 Å². The van der Waals surface area contributed by atoms with Gasteiger partial charge in [-0.05, 0) is 36.4 Å². The van der Waals surface area contributed by atoms with Crippen molar-refractivity contribution < 1.29 is 13.9 Å². The molecule has 2 aliphatic rings. The number of ether oxygens (including phenoxy) is 1. The SMILES string of the molecule is O=C(c1ccc(Oc2cc(Cl)cc(Cl)c2)o1)N1CC(N2CCN(c3ccccn3)CC2)C1. The topological polar surface area (TPSA) is 62.1 Å². The molecule has 0 N–H and O–H groups in total. The maximum Gasteiger partial charge on any atom is 0.290 e. The number of hydrogen-bond donors (Lipinski definition) is 0. The average molecular weight is 473 g/mol. The highest BCUT2D eigenvalue weighted by Crippen LogP contribution is 2.30. The zero-order valence-corrected chi connectivity index (χ0v) is 18.8. The van der Waals surface area contributed by atoms with Crippen LogP contribution in [0.4, 0.5) is 5.82 Å². The Labute approximate surface area is 196 Å². The standard InChI is InChI=1S/C23H22Cl2N4O3/c24-16-11-17(25)13-19(12-16)31-22-5-4-20(32-22)23(30)29-14-18(15-29)27-7-9-28(10-8-27)21-3-1-2-6-26-21/h1-6,11-13,18H,7-10,14-15H2. The number of pyridine rings is 1. The third-order valence-electron chi connectivity index (χ3n) is 5.80. The van der Waals surface area contributed by atoms with Crippen LogP contribution in [0.1, 0.15) is 10.6 Å². The molecule has 2 aromatic heterocycles. The van der Waals surface area contributed by atoms with Crippen molar-refractivity contribution in [1.82, 2.24) is 14.8 Å². The third kappa shape index (κ3) is 4.55. The Hall–Kier alpha value is -2.74. The van der Waals surface area contributed by atoms with Crippen LogP contribution in [0.25, 0.3) is 0 Å². The van der Waals surface area contributed by atoms with Gasteiger partial charge < -0.3 is 19.0 Å². The third-order valence-corrected chi connectivity index (χ3v) is 6.24. The van der Waals surface area contributed by atoms with Gasteiger partial charge in [-0.15, -0.1) is 0 Å². The minimum atomic E-state index is -0.132. The number of piperazine rings is 1. The highest BCUT2D eigenvalue weighted by atomic mass is 35.5. The number of carbonyl (C=O) groups excluding carboxylic acids is 1. The van der Waals surface area contributed by atoms with Crippen LogP contribution in [0.2, 0.25) is 10.0 Å². The maximum absolute atomic E-state index is 12.8. The summed E-state index contributed by atoms with van der Waals surface area (Å²) in [6.45, 7) is 5.20. The molecule has 1 aromatic carbocycles. The summed E-state index contributed by atoms with van der Waals surface area (Å²) in [4.78, 5) is 23.7. The number of halogens is 2. The Bertz CT molecular complexity index is 1070. The molecule has 3 aromatic rings. The van der Waals surface area contributed by atoms with E-state index < -0.39 is 0 Å². The van der Waals surface area contributed by atoms with Crippen molar-refractivity contribution in [2.75, 3.05) is 44.2 Å². The second-order valence-corrected chi connectivity index (χ2v) is 8.77. The predicted octanol–water partition coefficient (Wildman–Crippen LogP) is 4.42. The van der Waals surface area contributed by atoms with Gasteiger partial charge in [0.25, 0.3) is 11.9 Å². The predicted molar refractivity (Wildman–Crippen MR) is 123 cm³/mol. The molecule has 2 saturated heterocycles. The van der Waals surface area contributed by atoms with Crippen LogP contribution < -0.4 is 9.64 Å². The highest BCUT2D eigenvalue weighted by Gasteiger charge is 2.37. The molecule has 2 aliphatic heterocycles. The lowest BCUT2D eigenvalue weighted by atomic mass is 10.1. The van der Waals surface area contributed by atoms with Crippen molar-refractivity contribution >= 4 is 34.9 Å². The molecule has 0 aliphatic carbocycles. The maximum atomic E-state index is 12.8. The second kappa shape index (κ2) is 9.02. The number of hydrogen-bond acceptors (Lipinski definition) is 6. The van der Waals surface area contributed by atoms with Crippen LogP contribution in [0.5, 0.6) is 11.7 Å². The van der Waals surface area contributed by atoms with E-state index in [4.69, 9.17) is 32.4 Å². The van der Waals surface area contributed by atoms with Gasteiger partial charge in [0.1, 0.15) is 11.6 Å². The zero-order chi connectivity index (χ0) is 22.1. The van der Waals surface area contributed by atoms with Gasteiger partial charge >= 0.3 is 0 Å². The van der Waals surface area contributed by atoms with Crippen LogP contribution in [-0.4, -0.2) is 66.0 Å². The summed E-state index contributed by atoms with van der Waals surface area (Å²) in [6.07, 6.45) is 1.83. The molecule has 0 bridgehead atoms. The van der Waals surface area contributed by atoms with Crippen molar-refractivity contribution in [2.45, 2.75) is 6.04 Å². The van der Waals surface area contributed by atoms with E-state index in [2.05, 4.69) is 14.8 Å². The van der Waals surface area contributed by atoms with Gasteiger partial charge in [0.15, 0.2) is 5.76 Å². The van der Waals surface area contributed by atoms with Crippen LogP contribution in [0, 0.1) is 0 Å². The first kappa shape index (κ1) is 21.1. The number of anilines is 1. The van der Waals surface area contributed by atoms with Crippen molar-refractivity contribution in [3.05, 3.63) is 70.5 Å². The number of rotatable bonds is 5. The number of likely N-dealkylation sites (tertiary alicyclic amines) is 1. The smallest absolute Gasteiger partial charge is 0.290 e. The van der Waals surface area contributed by atoms with Crippen molar-refractivity contribution in [3.63, 3.8) is 0 Å². The largest absolute Gasteiger partial charge is 0.426 e. The number of aromatic nitrogens is 1. The Morgan fingerprint density at radius 1 is 1.00 bits per heavy atom. The lowest BCUT2D eigenvalue weighted by molar-refractivity contribution is 0.0220. The Kier molecular flexibility index (Phi) is 5.95. The van der Waals surface area contributed by atoms with Crippen molar-refractivity contribution in [1.29, 1.82) is 0 Å². The fourth-order valence-electron chi connectivity index (χ4n) is 4.06. The fourth-order valence-corrected chi connectivity index (χ4v) is 4.56. The molecule has 0 atom stereocenters. The number of amides is 1. The van der Waals surface area contributed by atoms with E-state index in [-0.39, 0.29) is 17.6 Å². The Morgan fingerprint density at radius 2 is 1.75 bits per heavy atom. The first-order valence-corrected chi connectivity index (χ1v) is 11.2. The van der Waals surface area contributed by atoms with Crippen LogP contribution in [-0.2, 0) is 0 Å². The molecule has 0 unspecified atom stereocenters. The van der Waals surface area contributed by atoms with Crippen LogP contribution in [0.3, 0.4) is 0 Å². The van der Waals surface area contributed by atoms with E-state index in [1.807, 2.05) is 24.4 Å². The van der Waals surface area contributed by atoms with E-state index in [1.165, 1.54) is 0 Å². The van der Waals surface area contributed by atoms with E-state index in [9.17, 15) is 4.79 Å². The van der Waals surface area contributed by atoms with Gasteiger partial charge in [0, 0.05) is 67.6 Å². The summed E-state index contributed by atoms with van der Waals surface area (Å²) in [5.74, 6) is 1.81. The number of benzene rings is 1. The fraction of sp³-hybridized carbons (Fsp3) is 0.304. The second-order valence-electron chi connectivity index (χ2n) is 7.90. The summed E-state index contributed by atoms with van der Waals surface area (Å²) in [5.41, 5.74) is 0. The van der Waals surface area contributed by atoms with Gasteiger partial charge in [-0.1, -0.05) is 29.3 Å². The molecule has 0 spiro atoms. The quantitative estimate of drug-likeness (QED) is 0.547. The average Bonchev–Trinajstić information content (AvgIpc) is 3.21. The molecule has 5 rings (SSSR count). The van der Waals surface area contributed by atoms with Crippen LogP contribution in [0.15, 0.2) is 59.1 Å². The van der Waals surface area contributed by atoms with Crippen LogP contribution >= 0.6 is 23.2 Å². The lowest BCUT2D eigenvalue weighted by Gasteiger charge is -2.48. The number of carbonyl (C=O) groups is 1. The summed E-state index contributed by atoms with van der Waals surface area (Å²) in [6, 6.07) is 14.5. The minimum Gasteiger partial charge on any atom is -0.426 e. The van der Waals surface area contributed by atoms with Gasteiger partial charge in [0.05, 0.1) is 0 Å². The number of nitrogens with zero attached hydrogens (tertiary/aromatic N) is 4. The van der Waals surface area contributed by atoms with Gasteiger partial charge in [-0.2, -0.15) is 0 Å². The number of furan rings is 1. The molecule has 0 saturated carbocycles. The van der Waals surface area contributed by atoms with E-state index in [0.717, 1.165) is 32.0 Å². The minimum absolute atomic E-state index is 0.132. The molecule has 9 heteroatoms. The molecule has 7 nitrogen and oxygen atoms in total. The molecule has 32 heavy (non-hydrogen) atoms. The van der Waals surface area contributed by atoms with Gasteiger partial charge in [-0.25, -0.2) is 4.98 Å². The molecule has 166 valence electrons. The zero-order valence-electron chi connectivity index (χ0n) is 17.3. The summed E-state index contributed by atoms with van der Waals surface area (Å²) < 4.78 is 11.2. The monoisotopic (exact) mass is 472 g/mol. The molecule has 2 fully saturated rings. The normalized spacial score (nSPS) is 17.3. The molecule has 4 heterocycles. The highest BCUT2D eigenvalue weighted by molar-refractivity contribution is 6.34. The van der Waals surface area contributed by atoms with Gasteiger partial charge in [-0.3, -0.25) is 9.69 Å². The lowest BCUT2D eigenvalue weighted by Crippen LogP contribution is -2.64.